The number of likely N-dealkylation sites (tertiary alicyclic amines) is 1. The van der Waals surface area contributed by atoms with Gasteiger partial charge in [0.25, 0.3) is 0 Å². The zero-order valence-electron chi connectivity index (χ0n) is 15.7. The number of benzene rings is 1. The number of piperidine rings is 1. The molecule has 0 radical (unpaired) electrons. The van der Waals surface area contributed by atoms with E-state index in [1.54, 1.807) is 0 Å². The molecule has 2 N–H and O–H groups in total. The lowest BCUT2D eigenvalue weighted by Crippen LogP contribution is -2.39. The summed E-state index contributed by atoms with van der Waals surface area (Å²) in [5.74, 6) is 1.43. The highest BCUT2D eigenvalue weighted by Crippen LogP contribution is 2.25. The molecule has 3 unspecified atom stereocenters. The summed E-state index contributed by atoms with van der Waals surface area (Å²) >= 11 is 0. The molecule has 0 spiro atoms. The summed E-state index contributed by atoms with van der Waals surface area (Å²) in [5, 5.41) is 6.70. The highest BCUT2D eigenvalue weighted by Gasteiger charge is 2.30. The molecule has 4 nitrogen and oxygen atoms in total. The largest absolute Gasteiger partial charge is 0.352 e. The number of nitrogens with one attached hydrogen (secondary N) is 2. The van der Waals surface area contributed by atoms with Gasteiger partial charge in [0.1, 0.15) is 0 Å². The molecule has 1 aromatic rings. The second-order valence-corrected chi connectivity index (χ2v) is 8.03. The third kappa shape index (κ3) is 5.29. The van der Waals surface area contributed by atoms with Crippen LogP contribution in [0.2, 0.25) is 0 Å². The van der Waals surface area contributed by atoms with E-state index in [1.807, 2.05) is 0 Å². The van der Waals surface area contributed by atoms with Gasteiger partial charge in [-0.1, -0.05) is 37.3 Å². The number of hydrogen-bond donors (Lipinski definition) is 2. The predicted molar refractivity (Wildman–Crippen MR) is 102 cm³/mol. The van der Waals surface area contributed by atoms with Gasteiger partial charge < -0.3 is 10.6 Å². The Morgan fingerprint density at radius 1 is 1.28 bits per heavy atom. The molecule has 0 aliphatic carbocycles. The maximum Gasteiger partial charge on any atom is 0.220 e. The van der Waals surface area contributed by atoms with Gasteiger partial charge in [-0.15, -0.1) is 0 Å². The van der Waals surface area contributed by atoms with Crippen molar-refractivity contribution in [3.63, 3.8) is 0 Å². The van der Waals surface area contributed by atoms with Gasteiger partial charge in [-0.2, -0.15) is 0 Å². The molecule has 2 saturated heterocycles. The van der Waals surface area contributed by atoms with Gasteiger partial charge in [0, 0.05) is 31.6 Å². The van der Waals surface area contributed by atoms with Crippen molar-refractivity contribution in [2.24, 2.45) is 11.8 Å². The van der Waals surface area contributed by atoms with Crippen molar-refractivity contribution in [3.8, 4) is 0 Å². The van der Waals surface area contributed by atoms with Crippen LogP contribution in [-0.4, -0.2) is 42.5 Å². The molecule has 25 heavy (non-hydrogen) atoms. The van der Waals surface area contributed by atoms with Crippen molar-refractivity contribution < 1.29 is 4.79 Å². The Morgan fingerprint density at radius 2 is 2.00 bits per heavy atom. The van der Waals surface area contributed by atoms with E-state index in [1.165, 1.54) is 18.4 Å². The summed E-state index contributed by atoms with van der Waals surface area (Å²) < 4.78 is 0. The molecular weight excluding hydrogens is 310 g/mol. The molecule has 1 aromatic carbocycles. The number of rotatable bonds is 6. The summed E-state index contributed by atoms with van der Waals surface area (Å²) in [5.41, 5.74) is 1.35. The SMILES string of the molecule is CC(CC(=O)NC1CC(C)N(Cc2ccccc2)C1)C1CCNCC1. The van der Waals surface area contributed by atoms with Gasteiger partial charge in [0.15, 0.2) is 0 Å². The van der Waals surface area contributed by atoms with Gasteiger partial charge in [-0.05, 0) is 56.7 Å². The summed E-state index contributed by atoms with van der Waals surface area (Å²) in [4.78, 5) is 15.0. The topological polar surface area (TPSA) is 44.4 Å². The van der Waals surface area contributed by atoms with Crippen LogP contribution in [-0.2, 0) is 11.3 Å². The Hall–Kier alpha value is -1.39. The molecule has 2 aliphatic heterocycles. The molecule has 2 aliphatic rings. The minimum absolute atomic E-state index is 0.241. The Kier molecular flexibility index (Phi) is 6.49. The minimum Gasteiger partial charge on any atom is -0.352 e. The van der Waals surface area contributed by atoms with E-state index in [2.05, 4.69) is 59.7 Å². The lowest BCUT2D eigenvalue weighted by molar-refractivity contribution is -0.123. The zero-order chi connectivity index (χ0) is 17.6. The normalized spacial score (nSPS) is 26.5. The van der Waals surface area contributed by atoms with Crippen molar-refractivity contribution in [2.45, 2.75) is 58.2 Å². The fraction of sp³-hybridized carbons (Fsp3) is 0.667. The van der Waals surface area contributed by atoms with E-state index in [-0.39, 0.29) is 5.91 Å². The van der Waals surface area contributed by atoms with Crippen LogP contribution in [0.1, 0.15) is 45.1 Å². The van der Waals surface area contributed by atoms with Crippen LogP contribution in [0.15, 0.2) is 30.3 Å². The minimum atomic E-state index is 0.241. The molecular formula is C21H33N3O. The number of amides is 1. The number of hydrogen-bond acceptors (Lipinski definition) is 3. The number of carbonyl (C=O) groups is 1. The van der Waals surface area contributed by atoms with Crippen LogP contribution in [0.4, 0.5) is 0 Å². The lowest BCUT2D eigenvalue weighted by Gasteiger charge is -2.28. The van der Waals surface area contributed by atoms with Gasteiger partial charge in [-0.25, -0.2) is 0 Å². The van der Waals surface area contributed by atoms with E-state index in [9.17, 15) is 4.79 Å². The summed E-state index contributed by atoms with van der Waals surface area (Å²) in [6, 6.07) is 11.4. The number of carbonyl (C=O) groups excluding carboxylic acids is 1. The van der Waals surface area contributed by atoms with E-state index in [4.69, 9.17) is 0 Å². The van der Waals surface area contributed by atoms with Gasteiger partial charge in [0.2, 0.25) is 5.91 Å². The molecule has 3 atom stereocenters. The summed E-state index contributed by atoms with van der Waals surface area (Å²) in [6.45, 7) is 8.65. The van der Waals surface area contributed by atoms with E-state index in [0.29, 0.717) is 30.3 Å². The van der Waals surface area contributed by atoms with E-state index < -0.39 is 0 Å². The molecule has 0 bridgehead atoms. The molecule has 4 heteroatoms. The Morgan fingerprint density at radius 3 is 2.72 bits per heavy atom. The van der Waals surface area contributed by atoms with Gasteiger partial charge in [-0.3, -0.25) is 9.69 Å². The third-order valence-electron chi connectivity index (χ3n) is 5.99. The van der Waals surface area contributed by atoms with Crippen LogP contribution in [0, 0.1) is 11.8 Å². The Labute approximate surface area is 152 Å². The fourth-order valence-electron chi connectivity index (χ4n) is 4.40. The standard InChI is InChI=1S/C21H33N3O/c1-16(19-8-10-22-11-9-19)12-21(25)23-20-13-17(2)24(15-20)14-18-6-4-3-5-7-18/h3-7,16-17,19-20,22H,8-15H2,1-2H3,(H,23,25). The first-order chi connectivity index (χ1) is 12.1. The van der Waals surface area contributed by atoms with Crippen LogP contribution >= 0.6 is 0 Å². The smallest absolute Gasteiger partial charge is 0.220 e. The summed E-state index contributed by atoms with van der Waals surface area (Å²) in [7, 11) is 0. The molecule has 2 fully saturated rings. The maximum absolute atomic E-state index is 12.5. The van der Waals surface area contributed by atoms with Crippen LogP contribution in [0.25, 0.3) is 0 Å². The first-order valence-electron chi connectivity index (χ1n) is 9.90. The average molecular weight is 344 g/mol. The molecule has 2 heterocycles. The molecule has 138 valence electrons. The number of nitrogens with zero attached hydrogens (tertiary/aromatic N) is 1. The second kappa shape index (κ2) is 8.81. The van der Waals surface area contributed by atoms with Crippen molar-refractivity contribution in [1.82, 2.24) is 15.5 Å². The predicted octanol–water partition coefficient (Wildman–Crippen LogP) is 2.79. The third-order valence-corrected chi connectivity index (χ3v) is 5.99. The van der Waals surface area contributed by atoms with Crippen LogP contribution < -0.4 is 10.6 Å². The lowest BCUT2D eigenvalue weighted by atomic mass is 9.84. The highest BCUT2D eigenvalue weighted by atomic mass is 16.1. The Bertz CT molecular complexity index is 541. The van der Waals surface area contributed by atoms with Gasteiger partial charge in [0.05, 0.1) is 0 Å². The van der Waals surface area contributed by atoms with Crippen molar-refractivity contribution in [3.05, 3.63) is 35.9 Å². The molecule has 0 saturated carbocycles. The fourth-order valence-corrected chi connectivity index (χ4v) is 4.40. The Balaban J connectivity index is 1.44. The first-order valence-corrected chi connectivity index (χ1v) is 9.90. The highest BCUT2D eigenvalue weighted by molar-refractivity contribution is 5.76. The average Bonchev–Trinajstić information content (AvgIpc) is 2.95. The second-order valence-electron chi connectivity index (χ2n) is 8.03. The van der Waals surface area contributed by atoms with Crippen LogP contribution in [0.3, 0.4) is 0 Å². The molecule has 0 aromatic heterocycles. The van der Waals surface area contributed by atoms with E-state index in [0.717, 1.165) is 32.6 Å². The van der Waals surface area contributed by atoms with Gasteiger partial charge >= 0.3 is 0 Å². The first kappa shape index (κ1) is 18.4. The van der Waals surface area contributed by atoms with Crippen LogP contribution in [0.5, 0.6) is 0 Å². The molecule has 3 rings (SSSR count). The monoisotopic (exact) mass is 343 g/mol. The van der Waals surface area contributed by atoms with E-state index >= 15 is 0 Å². The quantitative estimate of drug-likeness (QED) is 0.835. The summed E-state index contributed by atoms with van der Waals surface area (Å²) in [6.07, 6.45) is 4.15. The zero-order valence-corrected chi connectivity index (χ0v) is 15.7. The maximum atomic E-state index is 12.5. The van der Waals surface area contributed by atoms with Crippen molar-refractivity contribution in [2.75, 3.05) is 19.6 Å². The molecule has 1 amide bonds. The van der Waals surface area contributed by atoms with Crippen molar-refractivity contribution >= 4 is 5.91 Å². The van der Waals surface area contributed by atoms with Crippen molar-refractivity contribution in [1.29, 1.82) is 0 Å².